The zero-order valence-corrected chi connectivity index (χ0v) is 22.5. The van der Waals surface area contributed by atoms with E-state index in [0.717, 1.165) is 12.0 Å². The zero-order chi connectivity index (χ0) is 28.1. The monoisotopic (exact) mass is 537 g/mol. The predicted octanol–water partition coefficient (Wildman–Crippen LogP) is 4.47. The maximum Gasteiger partial charge on any atom is 0.348 e. The molecule has 1 amide bonds. The van der Waals surface area contributed by atoms with Crippen molar-refractivity contribution in [3.63, 3.8) is 0 Å². The molecule has 5 rings (SSSR count). The van der Waals surface area contributed by atoms with Crippen LogP contribution in [0.5, 0.6) is 6.01 Å². The summed E-state index contributed by atoms with van der Waals surface area (Å²) in [5.74, 6) is -1.52. The number of carbonyl (C=O) groups excluding carboxylic acids is 1. The summed E-state index contributed by atoms with van der Waals surface area (Å²) in [5.41, 5.74) is 2.95. The van der Waals surface area contributed by atoms with Crippen molar-refractivity contribution in [3.8, 4) is 6.01 Å². The van der Waals surface area contributed by atoms with E-state index < -0.39 is 17.7 Å². The van der Waals surface area contributed by atoms with E-state index in [2.05, 4.69) is 16.0 Å². The minimum absolute atomic E-state index is 0.0799. The molecule has 204 valence electrons. The average Bonchev–Trinajstić information content (AvgIpc) is 2.97. The molecule has 8 heteroatoms. The van der Waals surface area contributed by atoms with E-state index in [9.17, 15) is 14.7 Å². The maximum atomic E-state index is 13.5. The Morgan fingerprint density at radius 2 is 1.43 bits per heavy atom. The molecular formula is C32H31N3O5. The number of carboxylic acids is 1. The van der Waals surface area contributed by atoms with Gasteiger partial charge in [-0.2, -0.15) is 0 Å². The number of aromatic nitrogens is 2. The Kier molecular flexibility index (Phi) is 7.89. The van der Waals surface area contributed by atoms with Gasteiger partial charge in [-0.05, 0) is 48.6 Å². The second-order valence-corrected chi connectivity index (χ2v) is 9.86. The van der Waals surface area contributed by atoms with Crippen molar-refractivity contribution >= 4 is 11.9 Å². The third kappa shape index (κ3) is 5.58. The van der Waals surface area contributed by atoms with Gasteiger partial charge in [-0.15, -0.1) is 0 Å². The second kappa shape index (κ2) is 11.7. The SMILES string of the molecule is Cc1cc(C)nc(OC(C(=O)O)C(OCC(=O)N2CCc3ccccc3C2)(c2ccccc2)c2ccccc2)n1. The highest BCUT2D eigenvalue weighted by molar-refractivity contribution is 5.79. The smallest absolute Gasteiger partial charge is 0.348 e. The van der Waals surface area contributed by atoms with Crippen LogP contribution in [0.15, 0.2) is 91.0 Å². The Balaban J connectivity index is 1.55. The van der Waals surface area contributed by atoms with E-state index >= 15 is 0 Å². The lowest BCUT2D eigenvalue weighted by Crippen LogP contribution is -2.52. The molecule has 0 aliphatic carbocycles. The van der Waals surface area contributed by atoms with E-state index in [1.54, 1.807) is 73.3 Å². The van der Waals surface area contributed by atoms with Crippen molar-refractivity contribution in [2.45, 2.75) is 38.5 Å². The topological polar surface area (TPSA) is 102 Å². The molecule has 0 bridgehead atoms. The minimum atomic E-state index is -1.70. The largest absolute Gasteiger partial charge is 0.478 e. The van der Waals surface area contributed by atoms with Gasteiger partial charge in [0.15, 0.2) is 5.60 Å². The molecule has 1 unspecified atom stereocenters. The molecule has 8 nitrogen and oxygen atoms in total. The number of aliphatic carboxylic acids is 1. The molecule has 0 radical (unpaired) electrons. The van der Waals surface area contributed by atoms with Crippen LogP contribution in [0.2, 0.25) is 0 Å². The molecule has 1 atom stereocenters. The number of rotatable bonds is 9. The number of benzene rings is 3. The van der Waals surface area contributed by atoms with Crippen LogP contribution in [0.1, 0.15) is 33.6 Å². The van der Waals surface area contributed by atoms with Gasteiger partial charge in [0.2, 0.25) is 12.0 Å². The lowest BCUT2D eigenvalue weighted by atomic mass is 9.81. The van der Waals surface area contributed by atoms with Gasteiger partial charge in [-0.3, -0.25) is 4.79 Å². The van der Waals surface area contributed by atoms with Crippen LogP contribution in [-0.4, -0.2) is 51.1 Å². The van der Waals surface area contributed by atoms with E-state index in [1.807, 2.05) is 30.3 Å². The van der Waals surface area contributed by atoms with Gasteiger partial charge < -0.3 is 19.5 Å². The minimum Gasteiger partial charge on any atom is -0.478 e. The molecule has 3 aromatic carbocycles. The fourth-order valence-electron chi connectivity index (χ4n) is 5.22. The van der Waals surface area contributed by atoms with Crippen LogP contribution in [0.3, 0.4) is 0 Å². The van der Waals surface area contributed by atoms with E-state index in [4.69, 9.17) is 9.47 Å². The highest BCUT2D eigenvalue weighted by Gasteiger charge is 2.50. The normalized spacial score (nSPS) is 13.8. The van der Waals surface area contributed by atoms with Crippen molar-refractivity contribution < 1.29 is 24.2 Å². The van der Waals surface area contributed by atoms with Crippen LogP contribution in [0.25, 0.3) is 0 Å². The van der Waals surface area contributed by atoms with Gasteiger partial charge in [0.25, 0.3) is 0 Å². The summed E-state index contributed by atoms with van der Waals surface area (Å²) >= 11 is 0. The molecule has 0 saturated heterocycles. The number of nitrogens with zero attached hydrogens (tertiary/aromatic N) is 3. The highest BCUT2D eigenvalue weighted by Crippen LogP contribution is 2.39. The molecule has 1 aromatic heterocycles. The summed E-state index contributed by atoms with van der Waals surface area (Å²) in [6, 6.07) is 27.7. The molecule has 1 aliphatic rings. The van der Waals surface area contributed by atoms with Crippen molar-refractivity contribution in [2.75, 3.05) is 13.2 Å². The van der Waals surface area contributed by atoms with Crippen LogP contribution in [0.4, 0.5) is 0 Å². The first-order chi connectivity index (χ1) is 19.4. The number of aryl methyl sites for hydroxylation is 2. The summed E-state index contributed by atoms with van der Waals surface area (Å²) in [6.45, 7) is 4.23. The molecule has 0 fully saturated rings. The van der Waals surface area contributed by atoms with Gasteiger partial charge in [-0.25, -0.2) is 14.8 Å². The number of carbonyl (C=O) groups is 2. The van der Waals surface area contributed by atoms with Crippen LogP contribution in [0, 0.1) is 13.8 Å². The predicted molar refractivity (Wildman–Crippen MR) is 149 cm³/mol. The third-order valence-electron chi connectivity index (χ3n) is 7.09. The van der Waals surface area contributed by atoms with Crippen molar-refractivity contribution in [3.05, 3.63) is 125 Å². The second-order valence-electron chi connectivity index (χ2n) is 9.86. The summed E-state index contributed by atoms with van der Waals surface area (Å²) in [7, 11) is 0. The molecule has 0 saturated carbocycles. The van der Waals surface area contributed by atoms with Crippen molar-refractivity contribution in [1.82, 2.24) is 14.9 Å². The van der Waals surface area contributed by atoms with Gasteiger partial charge in [-0.1, -0.05) is 84.9 Å². The fraction of sp³-hybridized carbons (Fsp3) is 0.250. The van der Waals surface area contributed by atoms with Gasteiger partial charge >= 0.3 is 12.0 Å². The molecule has 2 heterocycles. The molecule has 40 heavy (non-hydrogen) atoms. The summed E-state index contributed by atoms with van der Waals surface area (Å²) in [5, 5.41) is 10.6. The van der Waals surface area contributed by atoms with Gasteiger partial charge in [0.05, 0.1) is 0 Å². The van der Waals surface area contributed by atoms with Gasteiger partial charge in [0, 0.05) is 24.5 Å². The van der Waals surface area contributed by atoms with Gasteiger partial charge in [0.1, 0.15) is 6.61 Å². The summed E-state index contributed by atoms with van der Waals surface area (Å²) < 4.78 is 12.6. The Bertz CT molecular complexity index is 1430. The Morgan fingerprint density at radius 3 is 2.00 bits per heavy atom. The number of ether oxygens (including phenoxy) is 2. The first-order valence-electron chi connectivity index (χ1n) is 13.2. The standard InChI is InChI=1S/C32H31N3O5/c1-22-19-23(2)34-31(33-22)40-29(30(37)38)32(26-13-5-3-6-14-26,27-15-7-4-8-16-27)39-21-28(36)35-18-17-24-11-9-10-12-25(24)20-35/h3-16,19,29H,17-18,20-21H2,1-2H3,(H,37,38). The molecule has 1 N–H and O–H groups in total. The third-order valence-corrected chi connectivity index (χ3v) is 7.09. The first kappa shape index (κ1) is 27.0. The number of amides is 1. The van der Waals surface area contributed by atoms with E-state index in [0.29, 0.717) is 35.6 Å². The fourth-order valence-corrected chi connectivity index (χ4v) is 5.22. The van der Waals surface area contributed by atoms with E-state index in [-0.39, 0.29) is 18.5 Å². The molecular weight excluding hydrogens is 506 g/mol. The van der Waals surface area contributed by atoms with Crippen molar-refractivity contribution in [1.29, 1.82) is 0 Å². The van der Waals surface area contributed by atoms with Crippen LogP contribution >= 0.6 is 0 Å². The maximum absolute atomic E-state index is 13.5. The Labute approximate surface area is 233 Å². The first-order valence-corrected chi connectivity index (χ1v) is 13.2. The summed E-state index contributed by atoms with van der Waals surface area (Å²) in [4.78, 5) is 36.9. The zero-order valence-electron chi connectivity index (χ0n) is 22.5. The Hall–Kier alpha value is -4.56. The van der Waals surface area contributed by atoms with E-state index in [1.165, 1.54) is 5.56 Å². The number of fused-ring (bicyclic) bond motifs is 1. The average molecular weight is 538 g/mol. The van der Waals surface area contributed by atoms with Crippen LogP contribution < -0.4 is 4.74 Å². The molecule has 1 aliphatic heterocycles. The lowest BCUT2D eigenvalue weighted by Gasteiger charge is -2.39. The lowest BCUT2D eigenvalue weighted by molar-refractivity contribution is -0.169. The highest BCUT2D eigenvalue weighted by atomic mass is 16.6. The number of carboxylic acid groups (broad SMARTS) is 1. The molecule has 0 spiro atoms. The quantitative estimate of drug-likeness (QED) is 0.336. The van der Waals surface area contributed by atoms with Crippen molar-refractivity contribution in [2.24, 2.45) is 0 Å². The summed E-state index contributed by atoms with van der Waals surface area (Å²) in [6.07, 6.45) is -0.872. The molecule has 4 aromatic rings. The Morgan fingerprint density at radius 1 is 0.875 bits per heavy atom. The number of hydrogen-bond donors (Lipinski definition) is 1. The number of hydrogen-bond acceptors (Lipinski definition) is 6. The van der Waals surface area contributed by atoms with Crippen LogP contribution in [-0.2, 0) is 32.9 Å².